The second-order valence-electron chi connectivity index (χ2n) is 10.1. The fraction of sp³-hybridized carbons (Fsp3) is 0. The second-order valence-corrected chi connectivity index (χ2v) is 10.1. The van der Waals surface area contributed by atoms with Crippen LogP contribution >= 0.6 is 0 Å². The smallest absolute Gasteiger partial charge is 0.568 e. The molecule has 176 valence electrons. The number of amidine groups is 2. The monoisotopic (exact) mass is 488 g/mol. The van der Waals surface area contributed by atoms with Crippen LogP contribution in [0, 0.1) is 0 Å². The lowest BCUT2D eigenvalue weighted by molar-refractivity contribution is -0.291. The van der Waals surface area contributed by atoms with Gasteiger partial charge in [-0.25, -0.2) is 4.99 Å². The molecule has 0 N–H and O–H groups in total. The molecule has 0 aliphatic carbocycles. The second kappa shape index (κ2) is 6.18. The van der Waals surface area contributed by atoms with Crippen LogP contribution < -0.4 is 15.6 Å². The largest absolute Gasteiger partial charge is 0.648 e. The summed E-state index contributed by atoms with van der Waals surface area (Å²) < 4.78 is 13.9. The maximum Gasteiger partial charge on any atom is 0.568 e. The zero-order chi connectivity index (χ0) is 24.6. The third-order valence-electron chi connectivity index (χ3n) is 8.28. The Kier molecular flexibility index (Phi) is 3.08. The van der Waals surface area contributed by atoms with Crippen LogP contribution in [0.5, 0.6) is 5.75 Å². The normalized spacial score (nSPS) is 19.1. The van der Waals surface area contributed by atoms with Gasteiger partial charge in [-0.05, 0) is 36.4 Å². The summed E-state index contributed by atoms with van der Waals surface area (Å²) in [6.07, 6.45) is 0. The first-order valence-electron chi connectivity index (χ1n) is 12.8. The first-order valence-corrected chi connectivity index (χ1v) is 12.8. The molecule has 0 bridgehead atoms. The van der Waals surface area contributed by atoms with Gasteiger partial charge in [0.05, 0.1) is 16.9 Å². The van der Waals surface area contributed by atoms with E-state index in [2.05, 4.69) is 86.2 Å². The number of nitrogens with zero attached hydrogens (tertiary/aromatic N) is 6. The van der Waals surface area contributed by atoms with Crippen LogP contribution in [-0.2, 0) is 0 Å². The number of aliphatic imine (C=N–C) groups is 1. The standard InChI is InChI=1S/C30H17BN6O/c1-2-10-18(11-3-1)38-31-35-25-19-12-4-5-13-20(19)26(35)33-28-23-16-8-9-17-24(23)30(37(28)31)34-29-22-15-7-6-14-21(22)27(32-25)36(29)31/h1-17H. The van der Waals surface area contributed by atoms with Crippen molar-refractivity contribution >= 4 is 51.6 Å². The summed E-state index contributed by atoms with van der Waals surface area (Å²) in [5, 5.41) is 4.23. The van der Waals surface area contributed by atoms with Gasteiger partial charge in [-0.3, -0.25) is 0 Å². The van der Waals surface area contributed by atoms with Gasteiger partial charge in [0.25, 0.3) is 0 Å². The van der Waals surface area contributed by atoms with Crippen molar-refractivity contribution in [2.24, 2.45) is 15.0 Å². The van der Waals surface area contributed by atoms with E-state index in [4.69, 9.17) is 19.6 Å². The van der Waals surface area contributed by atoms with E-state index in [1.165, 1.54) is 0 Å². The predicted octanol–water partition coefficient (Wildman–Crippen LogP) is 4.27. The van der Waals surface area contributed by atoms with Crippen LogP contribution in [0.2, 0.25) is 0 Å². The zero-order valence-electron chi connectivity index (χ0n) is 20.0. The lowest BCUT2D eigenvalue weighted by Gasteiger charge is -2.47. The van der Waals surface area contributed by atoms with Gasteiger partial charge in [0.1, 0.15) is 11.3 Å². The summed E-state index contributed by atoms with van der Waals surface area (Å²) in [6, 6.07) is 35.2. The summed E-state index contributed by atoms with van der Waals surface area (Å²) >= 11 is 0. The predicted molar refractivity (Wildman–Crippen MR) is 146 cm³/mol. The number of rotatable bonds is 2. The highest BCUT2D eigenvalue weighted by molar-refractivity contribution is 6.69. The Balaban J connectivity index is 1.52. The van der Waals surface area contributed by atoms with E-state index < -0.39 is 6.75 Å². The molecule has 0 saturated carbocycles. The first-order chi connectivity index (χ1) is 18.8. The molecule has 6 aromatic rings. The summed E-state index contributed by atoms with van der Waals surface area (Å²) in [6.45, 7) is -2.16. The van der Waals surface area contributed by atoms with E-state index in [0.717, 1.165) is 72.7 Å². The minimum Gasteiger partial charge on any atom is -0.648 e. The number of hydrogen-bond acceptors (Lipinski definition) is 4. The van der Waals surface area contributed by atoms with Crippen molar-refractivity contribution in [3.8, 4) is 5.75 Å². The van der Waals surface area contributed by atoms with E-state index in [1.54, 1.807) is 0 Å². The molecule has 2 aromatic heterocycles. The van der Waals surface area contributed by atoms with Crippen molar-refractivity contribution in [1.29, 1.82) is 0 Å². The molecule has 0 saturated heterocycles. The molecular weight excluding hydrogens is 471 g/mol. The number of benzene rings is 4. The quantitative estimate of drug-likeness (QED) is 0.336. The molecular formula is C30H17BN6O. The molecule has 0 radical (unpaired) electrons. The van der Waals surface area contributed by atoms with Gasteiger partial charge in [-0.1, -0.05) is 76.7 Å². The average Bonchev–Trinajstić information content (AvgIpc) is 3.59. The minimum atomic E-state index is -2.16. The average molecular weight is 488 g/mol. The van der Waals surface area contributed by atoms with Gasteiger partial charge in [0.2, 0.25) is 11.7 Å². The molecule has 1 atom stereocenters. The lowest BCUT2D eigenvalue weighted by atomic mass is 9.75. The minimum absolute atomic E-state index is 0.775. The maximum atomic E-state index is 7.29. The summed E-state index contributed by atoms with van der Waals surface area (Å²) in [4.78, 5) is 15.9. The fourth-order valence-electron chi connectivity index (χ4n) is 6.83. The van der Waals surface area contributed by atoms with E-state index in [0.29, 0.717) is 0 Å². The Morgan fingerprint density at radius 2 is 1.13 bits per heavy atom. The van der Waals surface area contributed by atoms with Crippen LogP contribution in [0.25, 0.3) is 21.5 Å². The van der Waals surface area contributed by atoms with Crippen LogP contribution in [0.1, 0.15) is 11.1 Å². The Labute approximate surface area is 215 Å². The van der Waals surface area contributed by atoms with Crippen molar-refractivity contribution in [3.63, 3.8) is 0 Å². The number of fused-ring (bicyclic) bond motifs is 9. The molecule has 0 fully saturated rings. The van der Waals surface area contributed by atoms with Crippen LogP contribution in [0.15, 0.2) is 118 Å². The molecule has 0 amide bonds. The summed E-state index contributed by atoms with van der Waals surface area (Å²) in [5.41, 5.74) is 3.82. The van der Waals surface area contributed by atoms with Gasteiger partial charge >= 0.3 is 6.75 Å². The van der Waals surface area contributed by atoms with Gasteiger partial charge in [-0.15, -0.1) is 0 Å². The molecule has 0 spiro atoms. The molecule has 1 unspecified atom stereocenters. The molecule has 7 nitrogen and oxygen atoms in total. The molecule has 4 aliphatic rings. The molecule has 38 heavy (non-hydrogen) atoms. The van der Waals surface area contributed by atoms with Crippen LogP contribution in [0.4, 0.5) is 11.6 Å². The molecule has 4 aliphatic heterocycles. The van der Waals surface area contributed by atoms with Crippen LogP contribution in [0.3, 0.4) is 0 Å². The summed E-state index contributed by atoms with van der Waals surface area (Å²) in [5.74, 6) is 4.20. The SMILES string of the molecule is c1ccc(O[B-]23n4c5c6ccccc6c4N=c4c6ccccc6c(n42)=NC2=[N+]3C(=N5)c3ccccc32)cc1. The highest BCUT2D eigenvalue weighted by atomic mass is 16.5. The van der Waals surface area contributed by atoms with Crippen molar-refractivity contribution in [3.05, 3.63) is 125 Å². The number of para-hydroxylation sites is 1. The first kappa shape index (κ1) is 19.0. The molecule has 6 heterocycles. The van der Waals surface area contributed by atoms with Crippen molar-refractivity contribution in [1.82, 2.24) is 8.96 Å². The Morgan fingerprint density at radius 1 is 0.553 bits per heavy atom. The maximum absolute atomic E-state index is 7.29. The topological polar surface area (TPSA) is 59.2 Å². The third-order valence-corrected chi connectivity index (χ3v) is 8.28. The van der Waals surface area contributed by atoms with E-state index in [1.807, 2.05) is 30.3 Å². The fourth-order valence-corrected chi connectivity index (χ4v) is 6.83. The van der Waals surface area contributed by atoms with Crippen molar-refractivity contribution < 1.29 is 9.14 Å². The van der Waals surface area contributed by atoms with Crippen molar-refractivity contribution in [2.75, 3.05) is 0 Å². The molecule has 8 heteroatoms. The Hall–Kier alpha value is -5.24. The third kappa shape index (κ3) is 1.93. The van der Waals surface area contributed by atoms with Gasteiger partial charge in [-0.2, -0.15) is 0 Å². The van der Waals surface area contributed by atoms with E-state index >= 15 is 0 Å². The van der Waals surface area contributed by atoms with Gasteiger partial charge in [0, 0.05) is 21.5 Å². The highest BCUT2D eigenvalue weighted by Gasteiger charge is 2.59. The Morgan fingerprint density at radius 3 is 1.87 bits per heavy atom. The van der Waals surface area contributed by atoms with Crippen LogP contribution in [-0.4, -0.2) is 31.9 Å². The molecule has 10 rings (SSSR count). The molecule has 4 aromatic carbocycles. The van der Waals surface area contributed by atoms with Gasteiger partial charge in [0.15, 0.2) is 11.3 Å². The number of aromatic nitrogens is 2. The van der Waals surface area contributed by atoms with E-state index in [9.17, 15) is 0 Å². The zero-order valence-corrected chi connectivity index (χ0v) is 20.0. The van der Waals surface area contributed by atoms with E-state index in [-0.39, 0.29) is 0 Å². The lowest BCUT2D eigenvalue weighted by Crippen LogP contribution is -2.75. The number of hydrogen-bond donors (Lipinski definition) is 0. The summed E-state index contributed by atoms with van der Waals surface area (Å²) in [7, 11) is 0. The van der Waals surface area contributed by atoms with Gasteiger partial charge < -0.3 is 18.1 Å². The van der Waals surface area contributed by atoms with Crippen molar-refractivity contribution in [2.45, 2.75) is 0 Å². The Bertz CT molecular complexity index is 2280. The highest BCUT2D eigenvalue weighted by Crippen LogP contribution is 2.46.